The molecular formula is C29H56O2. The van der Waals surface area contributed by atoms with Gasteiger partial charge in [0, 0.05) is 6.42 Å². The first-order valence-corrected chi connectivity index (χ1v) is 14.0. The lowest BCUT2D eigenvalue weighted by Gasteiger charge is -2.03. The molecule has 31 heavy (non-hydrogen) atoms. The molecule has 0 bridgehead atoms. The summed E-state index contributed by atoms with van der Waals surface area (Å²) in [4.78, 5) is 10.4. The molecule has 2 nitrogen and oxygen atoms in total. The minimum Gasteiger partial charge on any atom is -0.481 e. The van der Waals surface area contributed by atoms with Crippen LogP contribution in [0.15, 0.2) is 12.2 Å². The molecule has 0 spiro atoms. The van der Waals surface area contributed by atoms with E-state index in [4.69, 9.17) is 5.11 Å². The Morgan fingerprint density at radius 2 is 0.871 bits per heavy atom. The molecule has 184 valence electrons. The predicted octanol–water partition coefficient (Wildman–Crippen LogP) is 10.3. The van der Waals surface area contributed by atoms with Crippen molar-refractivity contribution in [2.45, 2.75) is 162 Å². The average molecular weight is 437 g/mol. The third kappa shape index (κ3) is 29.2. The molecule has 0 saturated heterocycles. The van der Waals surface area contributed by atoms with Crippen LogP contribution in [0.1, 0.15) is 162 Å². The van der Waals surface area contributed by atoms with E-state index in [1.165, 1.54) is 128 Å². The summed E-state index contributed by atoms with van der Waals surface area (Å²) in [5, 5.41) is 8.60. The standard InChI is InChI=1S/C29H56O2/c1-28(2)26-24-22-20-18-16-14-12-10-8-6-4-3-5-7-9-11-13-15-17-19-21-23-25-27-29(30)31/h16,18,28H,3-15,17,19-27H2,1-2H3,(H,30,31)/b18-16-. The maximum Gasteiger partial charge on any atom is 0.303 e. The van der Waals surface area contributed by atoms with Crippen LogP contribution in [0.25, 0.3) is 0 Å². The SMILES string of the molecule is CC(C)CCCC/C=C\CCCCCCCCCCCCCCCCCCCC(=O)O. The molecule has 0 radical (unpaired) electrons. The number of carboxylic acid groups (broad SMARTS) is 1. The molecule has 0 aliphatic rings. The third-order valence-electron chi connectivity index (χ3n) is 6.33. The van der Waals surface area contributed by atoms with Crippen molar-refractivity contribution in [3.8, 4) is 0 Å². The zero-order chi connectivity index (χ0) is 22.8. The molecule has 0 aromatic heterocycles. The Morgan fingerprint density at radius 3 is 1.23 bits per heavy atom. The van der Waals surface area contributed by atoms with Gasteiger partial charge in [-0.05, 0) is 38.0 Å². The fraction of sp³-hybridized carbons (Fsp3) is 0.897. The van der Waals surface area contributed by atoms with Crippen LogP contribution >= 0.6 is 0 Å². The highest BCUT2D eigenvalue weighted by molar-refractivity contribution is 5.66. The predicted molar refractivity (Wildman–Crippen MR) is 138 cm³/mol. The number of carboxylic acids is 1. The van der Waals surface area contributed by atoms with E-state index in [1.54, 1.807) is 0 Å². The van der Waals surface area contributed by atoms with Crippen molar-refractivity contribution >= 4 is 5.97 Å². The van der Waals surface area contributed by atoms with Gasteiger partial charge in [0.05, 0.1) is 0 Å². The summed E-state index contributed by atoms with van der Waals surface area (Å²) in [6, 6.07) is 0. The molecule has 0 saturated carbocycles. The summed E-state index contributed by atoms with van der Waals surface area (Å²) in [7, 11) is 0. The van der Waals surface area contributed by atoms with Crippen molar-refractivity contribution < 1.29 is 9.90 Å². The van der Waals surface area contributed by atoms with Crippen LogP contribution < -0.4 is 0 Å². The lowest BCUT2D eigenvalue weighted by molar-refractivity contribution is -0.137. The number of allylic oxidation sites excluding steroid dienone is 2. The van der Waals surface area contributed by atoms with Crippen molar-refractivity contribution in [2.75, 3.05) is 0 Å². The highest BCUT2D eigenvalue weighted by Crippen LogP contribution is 2.15. The summed E-state index contributed by atoms with van der Waals surface area (Å²) in [6.45, 7) is 4.64. The summed E-state index contributed by atoms with van der Waals surface area (Å²) in [6.07, 6.45) is 34.6. The lowest BCUT2D eigenvalue weighted by Crippen LogP contribution is -1.93. The van der Waals surface area contributed by atoms with E-state index in [1.807, 2.05) is 0 Å². The Labute approximate surface area is 195 Å². The van der Waals surface area contributed by atoms with E-state index in [2.05, 4.69) is 26.0 Å². The van der Waals surface area contributed by atoms with Crippen LogP contribution in [-0.2, 0) is 4.79 Å². The lowest BCUT2D eigenvalue weighted by atomic mass is 10.0. The molecule has 0 aromatic rings. The maximum atomic E-state index is 10.4. The van der Waals surface area contributed by atoms with E-state index >= 15 is 0 Å². The van der Waals surface area contributed by atoms with Crippen molar-refractivity contribution in [3.63, 3.8) is 0 Å². The molecule has 0 aliphatic heterocycles. The van der Waals surface area contributed by atoms with Gasteiger partial charge in [-0.3, -0.25) is 4.79 Å². The number of hydrogen-bond acceptors (Lipinski definition) is 1. The fourth-order valence-electron chi connectivity index (χ4n) is 4.24. The third-order valence-corrected chi connectivity index (χ3v) is 6.33. The van der Waals surface area contributed by atoms with Crippen molar-refractivity contribution in [3.05, 3.63) is 12.2 Å². The Morgan fingerprint density at radius 1 is 0.548 bits per heavy atom. The zero-order valence-electron chi connectivity index (χ0n) is 21.4. The Kier molecular flexibility index (Phi) is 24.8. The number of unbranched alkanes of at least 4 members (excludes halogenated alkanes) is 19. The van der Waals surface area contributed by atoms with Crippen LogP contribution in [0, 0.1) is 5.92 Å². The average Bonchev–Trinajstić information content (AvgIpc) is 2.73. The highest BCUT2D eigenvalue weighted by Gasteiger charge is 1.97. The van der Waals surface area contributed by atoms with E-state index in [-0.39, 0.29) is 0 Å². The molecule has 1 N–H and O–H groups in total. The number of carbonyl (C=O) groups is 1. The van der Waals surface area contributed by atoms with E-state index < -0.39 is 5.97 Å². The van der Waals surface area contributed by atoms with Gasteiger partial charge in [-0.15, -0.1) is 0 Å². The van der Waals surface area contributed by atoms with Gasteiger partial charge >= 0.3 is 5.97 Å². The van der Waals surface area contributed by atoms with E-state index in [0.29, 0.717) is 6.42 Å². The van der Waals surface area contributed by atoms with Crippen LogP contribution in [0.5, 0.6) is 0 Å². The monoisotopic (exact) mass is 436 g/mol. The molecular weight excluding hydrogens is 380 g/mol. The normalized spacial score (nSPS) is 11.7. The molecule has 0 heterocycles. The highest BCUT2D eigenvalue weighted by atomic mass is 16.4. The van der Waals surface area contributed by atoms with Crippen LogP contribution in [0.3, 0.4) is 0 Å². The number of rotatable bonds is 25. The van der Waals surface area contributed by atoms with Crippen LogP contribution in [0.2, 0.25) is 0 Å². The Hall–Kier alpha value is -0.790. The first-order chi connectivity index (χ1) is 15.1. The van der Waals surface area contributed by atoms with E-state index in [0.717, 1.165) is 18.8 Å². The first-order valence-electron chi connectivity index (χ1n) is 14.0. The minimum absolute atomic E-state index is 0.344. The van der Waals surface area contributed by atoms with Gasteiger partial charge in [-0.2, -0.15) is 0 Å². The van der Waals surface area contributed by atoms with Crippen molar-refractivity contribution in [2.24, 2.45) is 5.92 Å². The Bertz CT molecular complexity index is 386. The van der Waals surface area contributed by atoms with Crippen molar-refractivity contribution in [1.29, 1.82) is 0 Å². The smallest absolute Gasteiger partial charge is 0.303 e. The molecule has 0 amide bonds. The summed E-state index contributed by atoms with van der Waals surface area (Å²) >= 11 is 0. The first kappa shape index (κ1) is 30.2. The summed E-state index contributed by atoms with van der Waals surface area (Å²) in [5.41, 5.74) is 0. The molecule has 0 unspecified atom stereocenters. The molecule has 0 atom stereocenters. The second-order valence-corrected chi connectivity index (χ2v) is 10.1. The van der Waals surface area contributed by atoms with Gasteiger partial charge in [-0.25, -0.2) is 0 Å². The summed E-state index contributed by atoms with van der Waals surface area (Å²) < 4.78 is 0. The van der Waals surface area contributed by atoms with Gasteiger partial charge < -0.3 is 5.11 Å². The van der Waals surface area contributed by atoms with Gasteiger partial charge in [0.2, 0.25) is 0 Å². The van der Waals surface area contributed by atoms with Crippen LogP contribution in [0.4, 0.5) is 0 Å². The molecule has 0 aliphatic carbocycles. The second kappa shape index (κ2) is 25.5. The molecule has 2 heteroatoms. The summed E-state index contributed by atoms with van der Waals surface area (Å²) in [5.74, 6) is 0.210. The minimum atomic E-state index is -0.651. The van der Waals surface area contributed by atoms with E-state index in [9.17, 15) is 4.79 Å². The molecule has 0 aromatic carbocycles. The molecule has 0 rings (SSSR count). The fourth-order valence-corrected chi connectivity index (χ4v) is 4.24. The Balaban J connectivity index is 3.07. The number of hydrogen-bond donors (Lipinski definition) is 1. The van der Waals surface area contributed by atoms with Gasteiger partial charge in [0.25, 0.3) is 0 Å². The molecule has 0 fully saturated rings. The number of aliphatic carboxylic acids is 1. The van der Waals surface area contributed by atoms with Gasteiger partial charge in [-0.1, -0.05) is 135 Å². The zero-order valence-corrected chi connectivity index (χ0v) is 21.4. The topological polar surface area (TPSA) is 37.3 Å². The van der Waals surface area contributed by atoms with Crippen molar-refractivity contribution in [1.82, 2.24) is 0 Å². The largest absolute Gasteiger partial charge is 0.481 e. The maximum absolute atomic E-state index is 10.4. The second-order valence-electron chi connectivity index (χ2n) is 10.1. The van der Waals surface area contributed by atoms with Gasteiger partial charge in [0.1, 0.15) is 0 Å². The van der Waals surface area contributed by atoms with Gasteiger partial charge in [0.15, 0.2) is 0 Å². The van der Waals surface area contributed by atoms with Crippen LogP contribution in [-0.4, -0.2) is 11.1 Å². The quantitative estimate of drug-likeness (QED) is 0.114.